The standard InChI is InChI=1S/C23H27N5/c1-6-26-15-21(14-24-26)11-20-12-22(27-16(2)7-8-17(27)3)25-23(13-20)28-18(4)9-10-19(28)5/h7-10,12-15H,6,11H2,1-5H3. The second-order valence-electron chi connectivity index (χ2n) is 7.48. The number of hydrogen-bond acceptors (Lipinski definition) is 2. The maximum absolute atomic E-state index is 5.03. The fourth-order valence-corrected chi connectivity index (χ4v) is 3.85. The Morgan fingerprint density at radius 1 is 0.750 bits per heavy atom. The molecule has 0 aliphatic heterocycles. The molecule has 5 heteroatoms. The van der Waals surface area contributed by atoms with Crippen LogP contribution in [0.25, 0.3) is 11.6 Å². The Balaban J connectivity index is 1.86. The fraction of sp³-hybridized carbons (Fsp3) is 0.304. The van der Waals surface area contributed by atoms with E-state index in [9.17, 15) is 0 Å². The van der Waals surface area contributed by atoms with Gasteiger partial charge >= 0.3 is 0 Å². The smallest absolute Gasteiger partial charge is 0.139 e. The van der Waals surface area contributed by atoms with Gasteiger partial charge in [0, 0.05) is 41.9 Å². The molecule has 0 aliphatic rings. The van der Waals surface area contributed by atoms with Crippen molar-refractivity contribution in [1.29, 1.82) is 0 Å². The van der Waals surface area contributed by atoms with Gasteiger partial charge in [-0.25, -0.2) is 4.98 Å². The summed E-state index contributed by atoms with van der Waals surface area (Å²) in [6.07, 6.45) is 4.92. The largest absolute Gasteiger partial charge is 0.303 e. The molecule has 0 saturated carbocycles. The summed E-state index contributed by atoms with van der Waals surface area (Å²) in [7, 11) is 0. The molecule has 4 heterocycles. The van der Waals surface area contributed by atoms with E-state index in [4.69, 9.17) is 4.98 Å². The summed E-state index contributed by atoms with van der Waals surface area (Å²) in [5.41, 5.74) is 7.20. The van der Waals surface area contributed by atoms with Gasteiger partial charge in [-0.2, -0.15) is 5.10 Å². The topological polar surface area (TPSA) is 40.6 Å². The van der Waals surface area contributed by atoms with Crippen LogP contribution in [0.4, 0.5) is 0 Å². The van der Waals surface area contributed by atoms with Crippen molar-refractivity contribution in [2.75, 3.05) is 0 Å². The van der Waals surface area contributed by atoms with Gasteiger partial charge in [-0.05, 0) is 82.1 Å². The van der Waals surface area contributed by atoms with Crippen LogP contribution in [0.1, 0.15) is 40.8 Å². The molecule has 0 fully saturated rings. The van der Waals surface area contributed by atoms with E-state index in [2.05, 4.69) is 91.4 Å². The van der Waals surface area contributed by atoms with Crippen LogP contribution in [0, 0.1) is 27.7 Å². The van der Waals surface area contributed by atoms with Crippen LogP contribution in [0.2, 0.25) is 0 Å². The van der Waals surface area contributed by atoms with Gasteiger partial charge in [0.25, 0.3) is 0 Å². The van der Waals surface area contributed by atoms with Gasteiger partial charge in [0.15, 0.2) is 0 Å². The minimum Gasteiger partial charge on any atom is -0.303 e. The SMILES string of the molecule is CCn1cc(Cc2cc(-n3c(C)ccc3C)nc(-n3c(C)ccc3C)c2)cn1. The van der Waals surface area contributed by atoms with E-state index in [0.29, 0.717) is 0 Å². The number of nitrogens with zero attached hydrogens (tertiary/aromatic N) is 5. The number of hydrogen-bond donors (Lipinski definition) is 0. The first-order valence-electron chi connectivity index (χ1n) is 9.79. The summed E-state index contributed by atoms with van der Waals surface area (Å²) >= 11 is 0. The molecule has 0 aromatic carbocycles. The highest BCUT2D eigenvalue weighted by Crippen LogP contribution is 2.22. The first-order chi connectivity index (χ1) is 13.5. The second kappa shape index (κ2) is 7.15. The average molecular weight is 374 g/mol. The highest BCUT2D eigenvalue weighted by Gasteiger charge is 2.13. The number of aryl methyl sites for hydroxylation is 5. The lowest BCUT2D eigenvalue weighted by molar-refractivity contribution is 0.659. The Kier molecular flexibility index (Phi) is 4.67. The highest BCUT2D eigenvalue weighted by molar-refractivity contribution is 5.44. The summed E-state index contributed by atoms with van der Waals surface area (Å²) in [6, 6.07) is 12.9. The fourth-order valence-electron chi connectivity index (χ4n) is 3.85. The molecule has 0 atom stereocenters. The number of rotatable bonds is 5. The molecule has 4 aromatic heterocycles. The van der Waals surface area contributed by atoms with Crippen LogP contribution in [-0.2, 0) is 13.0 Å². The van der Waals surface area contributed by atoms with Crippen molar-refractivity contribution in [3.63, 3.8) is 0 Å². The first kappa shape index (κ1) is 18.3. The van der Waals surface area contributed by atoms with Crippen molar-refractivity contribution in [2.24, 2.45) is 0 Å². The summed E-state index contributed by atoms with van der Waals surface area (Å²) in [5, 5.41) is 4.42. The molecule has 5 nitrogen and oxygen atoms in total. The van der Waals surface area contributed by atoms with Crippen LogP contribution in [-0.4, -0.2) is 23.9 Å². The van der Waals surface area contributed by atoms with Gasteiger partial charge in [0.2, 0.25) is 0 Å². The third-order valence-corrected chi connectivity index (χ3v) is 5.28. The van der Waals surface area contributed by atoms with E-state index in [0.717, 1.165) is 24.6 Å². The predicted octanol–water partition coefficient (Wildman–Crippen LogP) is 4.70. The lowest BCUT2D eigenvalue weighted by Crippen LogP contribution is -2.09. The van der Waals surface area contributed by atoms with Gasteiger partial charge < -0.3 is 9.13 Å². The van der Waals surface area contributed by atoms with E-state index in [1.54, 1.807) is 0 Å². The molecule has 4 aromatic rings. The van der Waals surface area contributed by atoms with Crippen LogP contribution >= 0.6 is 0 Å². The molecule has 0 N–H and O–H groups in total. The van der Waals surface area contributed by atoms with Gasteiger partial charge in [0.1, 0.15) is 11.6 Å². The average Bonchev–Trinajstić information content (AvgIpc) is 3.34. The van der Waals surface area contributed by atoms with Crippen molar-refractivity contribution < 1.29 is 0 Å². The molecule has 0 aliphatic carbocycles. The van der Waals surface area contributed by atoms with Gasteiger partial charge in [-0.3, -0.25) is 4.68 Å². The Morgan fingerprint density at radius 3 is 1.68 bits per heavy atom. The lowest BCUT2D eigenvalue weighted by Gasteiger charge is -2.15. The molecule has 28 heavy (non-hydrogen) atoms. The first-order valence-corrected chi connectivity index (χ1v) is 9.79. The van der Waals surface area contributed by atoms with Crippen LogP contribution in [0.5, 0.6) is 0 Å². The maximum atomic E-state index is 5.03. The predicted molar refractivity (Wildman–Crippen MR) is 113 cm³/mol. The van der Waals surface area contributed by atoms with E-state index >= 15 is 0 Å². The molecule has 0 spiro atoms. The summed E-state index contributed by atoms with van der Waals surface area (Å²) in [5.74, 6) is 1.92. The van der Waals surface area contributed by atoms with Crippen molar-refractivity contribution in [2.45, 2.75) is 47.6 Å². The molecule has 0 radical (unpaired) electrons. The summed E-state index contributed by atoms with van der Waals surface area (Å²) in [4.78, 5) is 5.03. The van der Waals surface area contributed by atoms with Crippen LogP contribution in [0.15, 0.2) is 48.8 Å². The zero-order valence-corrected chi connectivity index (χ0v) is 17.3. The lowest BCUT2D eigenvalue weighted by atomic mass is 10.1. The third kappa shape index (κ3) is 3.28. The monoisotopic (exact) mass is 373 g/mol. The third-order valence-electron chi connectivity index (χ3n) is 5.28. The molecule has 0 amide bonds. The van der Waals surface area contributed by atoms with Gasteiger partial charge in [0.05, 0.1) is 6.20 Å². The maximum Gasteiger partial charge on any atom is 0.139 e. The zero-order chi connectivity index (χ0) is 19.8. The molecule has 4 rings (SSSR count). The molecule has 144 valence electrons. The summed E-state index contributed by atoms with van der Waals surface area (Å²) in [6.45, 7) is 11.5. The van der Waals surface area contributed by atoms with E-state index in [-0.39, 0.29) is 0 Å². The van der Waals surface area contributed by atoms with Crippen LogP contribution in [0.3, 0.4) is 0 Å². The minimum absolute atomic E-state index is 0.835. The molecule has 0 bridgehead atoms. The highest BCUT2D eigenvalue weighted by atomic mass is 15.3. The summed E-state index contributed by atoms with van der Waals surface area (Å²) < 4.78 is 6.41. The minimum atomic E-state index is 0.835. The van der Waals surface area contributed by atoms with Crippen molar-refractivity contribution in [1.82, 2.24) is 23.9 Å². The Bertz CT molecular complexity index is 1020. The van der Waals surface area contributed by atoms with Crippen molar-refractivity contribution >= 4 is 0 Å². The quantitative estimate of drug-likeness (QED) is 0.508. The molecule has 0 saturated heterocycles. The second-order valence-corrected chi connectivity index (χ2v) is 7.48. The molecular weight excluding hydrogens is 346 g/mol. The molecular formula is C23H27N5. The zero-order valence-electron chi connectivity index (χ0n) is 17.3. The van der Waals surface area contributed by atoms with E-state index < -0.39 is 0 Å². The van der Waals surface area contributed by atoms with E-state index in [1.165, 1.54) is 33.9 Å². The van der Waals surface area contributed by atoms with Gasteiger partial charge in [-0.15, -0.1) is 0 Å². The number of pyridine rings is 1. The van der Waals surface area contributed by atoms with Crippen LogP contribution < -0.4 is 0 Å². The molecule has 0 unspecified atom stereocenters. The Labute approximate surface area is 166 Å². The number of aromatic nitrogens is 5. The Hall–Kier alpha value is -3.08. The normalized spacial score (nSPS) is 11.3. The van der Waals surface area contributed by atoms with E-state index in [1.807, 2.05) is 10.9 Å². The van der Waals surface area contributed by atoms with Gasteiger partial charge in [-0.1, -0.05) is 0 Å². The Morgan fingerprint density at radius 2 is 1.25 bits per heavy atom. The van der Waals surface area contributed by atoms with Crippen molar-refractivity contribution in [3.05, 3.63) is 82.7 Å². The van der Waals surface area contributed by atoms with Crippen molar-refractivity contribution in [3.8, 4) is 11.6 Å².